The number of H-pyrrole nitrogens is 1. The molecule has 0 aliphatic carbocycles. The van der Waals surface area contributed by atoms with Crippen molar-refractivity contribution in [2.75, 3.05) is 6.54 Å². The van der Waals surface area contributed by atoms with E-state index in [4.69, 9.17) is 0 Å². The second kappa shape index (κ2) is 4.45. The number of halogens is 1. The summed E-state index contributed by atoms with van der Waals surface area (Å²) in [5.41, 5.74) is 1.24. The minimum atomic E-state index is -0.249. The topological polar surface area (TPSA) is 40.7 Å². The lowest BCUT2D eigenvalue weighted by atomic mass is 10.0. The van der Waals surface area contributed by atoms with E-state index in [1.54, 1.807) is 6.07 Å². The van der Waals surface area contributed by atoms with E-state index in [1.807, 2.05) is 6.07 Å². The Morgan fingerprint density at radius 3 is 3.06 bits per heavy atom. The molecule has 1 fully saturated rings. The van der Waals surface area contributed by atoms with Crippen LogP contribution >= 0.6 is 0 Å². The molecule has 0 radical (unpaired) electrons. The Bertz CT molecular complexity index is 514. The highest BCUT2D eigenvalue weighted by Gasteiger charge is 2.15. The molecule has 1 aromatic heterocycles. The highest BCUT2D eigenvalue weighted by Crippen LogP contribution is 2.17. The van der Waals surface area contributed by atoms with Crippen LogP contribution in [0.5, 0.6) is 0 Å². The third-order valence-corrected chi connectivity index (χ3v) is 3.36. The van der Waals surface area contributed by atoms with Crippen LogP contribution < -0.4 is 5.32 Å². The van der Waals surface area contributed by atoms with Gasteiger partial charge in [0.05, 0.1) is 5.52 Å². The number of benzene rings is 1. The van der Waals surface area contributed by atoms with Gasteiger partial charge in [0, 0.05) is 12.5 Å². The molecule has 1 aliphatic heterocycles. The van der Waals surface area contributed by atoms with Gasteiger partial charge in [-0.25, -0.2) is 9.37 Å². The molecule has 4 heteroatoms. The fraction of sp³-hybridized carbons (Fsp3) is 0.462. The maximum atomic E-state index is 13.5. The van der Waals surface area contributed by atoms with Gasteiger partial charge in [0.15, 0.2) is 5.82 Å². The van der Waals surface area contributed by atoms with Gasteiger partial charge in [0.1, 0.15) is 11.3 Å². The largest absolute Gasteiger partial charge is 0.342 e. The summed E-state index contributed by atoms with van der Waals surface area (Å²) in [5, 5.41) is 3.47. The fourth-order valence-corrected chi connectivity index (χ4v) is 2.48. The zero-order chi connectivity index (χ0) is 11.7. The predicted molar refractivity (Wildman–Crippen MR) is 65.4 cm³/mol. The number of rotatable bonds is 2. The van der Waals surface area contributed by atoms with Crippen molar-refractivity contribution in [1.29, 1.82) is 0 Å². The third kappa shape index (κ3) is 2.17. The molecular weight excluding hydrogens is 217 g/mol. The third-order valence-electron chi connectivity index (χ3n) is 3.36. The van der Waals surface area contributed by atoms with Gasteiger partial charge in [-0.15, -0.1) is 0 Å². The van der Waals surface area contributed by atoms with Gasteiger partial charge >= 0.3 is 0 Å². The van der Waals surface area contributed by atoms with Crippen LogP contribution in [0.25, 0.3) is 11.0 Å². The molecule has 90 valence electrons. The van der Waals surface area contributed by atoms with Gasteiger partial charge in [-0.3, -0.25) is 0 Å². The van der Waals surface area contributed by atoms with Gasteiger partial charge in [-0.05, 0) is 31.5 Å². The summed E-state index contributed by atoms with van der Waals surface area (Å²) in [4.78, 5) is 7.53. The number of aromatic nitrogens is 2. The molecule has 0 saturated carbocycles. The number of fused-ring (bicyclic) bond motifs is 1. The van der Waals surface area contributed by atoms with Crippen LogP contribution in [-0.2, 0) is 6.42 Å². The van der Waals surface area contributed by atoms with Gasteiger partial charge in [-0.1, -0.05) is 12.5 Å². The van der Waals surface area contributed by atoms with Crippen molar-refractivity contribution in [1.82, 2.24) is 15.3 Å². The van der Waals surface area contributed by atoms with Crippen molar-refractivity contribution in [2.45, 2.75) is 31.7 Å². The Morgan fingerprint density at radius 1 is 1.35 bits per heavy atom. The number of hydrogen-bond acceptors (Lipinski definition) is 2. The Hall–Kier alpha value is -1.42. The Balaban J connectivity index is 1.83. The van der Waals surface area contributed by atoms with Crippen LogP contribution in [-0.4, -0.2) is 22.6 Å². The number of para-hydroxylation sites is 1. The molecule has 1 aliphatic rings. The van der Waals surface area contributed by atoms with E-state index in [9.17, 15) is 4.39 Å². The first-order chi connectivity index (χ1) is 8.33. The number of nitrogens with zero attached hydrogens (tertiary/aromatic N) is 1. The lowest BCUT2D eigenvalue weighted by Gasteiger charge is -2.22. The molecule has 1 saturated heterocycles. The molecule has 0 bridgehead atoms. The first-order valence-corrected chi connectivity index (χ1v) is 6.19. The number of piperidine rings is 1. The summed E-state index contributed by atoms with van der Waals surface area (Å²) < 4.78 is 13.5. The molecule has 0 amide bonds. The lowest BCUT2D eigenvalue weighted by Crippen LogP contribution is -2.35. The molecule has 1 unspecified atom stereocenters. The average Bonchev–Trinajstić information content (AvgIpc) is 2.74. The molecule has 0 spiro atoms. The number of nitrogens with one attached hydrogen (secondary N) is 2. The summed E-state index contributed by atoms with van der Waals surface area (Å²) in [6.45, 7) is 1.08. The van der Waals surface area contributed by atoms with Gasteiger partial charge < -0.3 is 10.3 Å². The smallest absolute Gasteiger partial charge is 0.151 e. The maximum Gasteiger partial charge on any atom is 0.151 e. The summed E-state index contributed by atoms with van der Waals surface area (Å²) in [5.74, 6) is 0.631. The van der Waals surface area contributed by atoms with E-state index in [2.05, 4.69) is 15.3 Å². The van der Waals surface area contributed by atoms with Crippen LogP contribution in [0.3, 0.4) is 0 Å². The van der Waals surface area contributed by atoms with E-state index in [1.165, 1.54) is 25.3 Å². The van der Waals surface area contributed by atoms with Crippen molar-refractivity contribution >= 4 is 11.0 Å². The Morgan fingerprint density at radius 2 is 2.29 bits per heavy atom. The molecule has 2 N–H and O–H groups in total. The van der Waals surface area contributed by atoms with E-state index >= 15 is 0 Å². The normalized spacial score (nSPS) is 20.9. The number of imidazole rings is 1. The SMILES string of the molecule is Fc1cccc2[nH]c(CC3CCCCN3)nc12. The number of aromatic amines is 1. The molecular formula is C13H16FN3. The summed E-state index contributed by atoms with van der Waals surface area (Å²) >= 11 is 0. The van der Waals surface area contributed by atoms with Crippen molar-refractivity contribution in [3.63, 3.8) is 0 Å². The second-order valence-corrected chi connectivity index (χ2v) is 4.67. The standard InChI is InChI=1S/C13H16FN3/c14-10-5-3-6-11-13(10)17-12(16-11)8-9-4-1-2-7-15-9/h3,5-6,9,15H,1-2,4,7-8H2,(H,16,17). The Kier molecular flexibility index (Phi) is 2.81. The second-order valence-electron chi connectivity index (χ2n) is 4.67. The lowest BCUT2D eigenvalue weighted by molar-refractivity contribution is 0.395. The fourth-order valence-electron chi connectivity index (χ4n) is 2.48. The summed E-state index contributed by atoms with van der Waals surface area (Å²) in [7, 11) is 0. The summed E-state index contributed by atoms with van der Waals surface area (Å²) in [6, 6.07) is 5.50. The first kappa shape index (κ1) is 10.7. The Labute approximate surface area is 99.4 Å². The van der Waals surface area contributed by atoms with Crippen LogP contribution in [0, 0.1) is 5.82 Å². The molecule has 1 aromatic carbocycles. The minimum absolute atomic E-state index is 0.249. The molecule has 2 heterocycles. The van der Waals surface area contributed by atoms with E-state index < -0.39 is 0 Å². The van der Waals surface area contributed by atoms with Gasteiger partial charge in [0.2, 0.25) is 0 Å². The highest BCUT2D eigenvalue weighted by atomic mass is 19.1. The van der Waals surface area contributed by atoms with E-state index in [0.717, 1.165) is 24.3 Å². The van der Waals surface area contributed by atoms with E-state index in [0.29, 0.717) is 11.6 Å². The van der Waals surface area contributed by atoms with Crippen molar-refractivity contribution in [3.8, 4) is 0 Å². The molecule has 17 heavy (non-hydrogen) atoms. The van der Waals surface area contributed by atoms with Gasteiger partial charge in [0.25, 0.3) is 0 Å². The van der Waals surface area contributed by atoms with Crippen molar-refractivity contribution in [3.05, 3.63) is 29.8 Å². The number of hydrogen-bond donors (Lipinski definition) is 2. The van der Waals surface area contributed by atoms with Crippen molar-refractivity contribution < 1.29 is 4.39 Å². The van der Waals surface area contributed by atoms with Gasteiger partial charge in [-0.2, -0.15) is 0 Å². The maximum absolute atomic E-state index is 13.5. The van der Waals surface area contributed by atoms with Crippen molar-refractivity contribution in [2.24, 2.45) is 0 Å². The quantitative estimate of drug-likeness (QED) is 0.836. The van der Waals surface area contributed by atoms with Crippen LogP contribution in [0.15, 0.2) is 18.2 Å². The highest BCUT2D eigenvalue weighted by molar-refractivity contribution is 5.75. The first-order valence-electron chi connectivity index (χ1n) is 6.19. The molecule has 1 atom stereocenters. The minimum Gasteiger partial charge on any atom is -0.342 e. The predicted octanol–water partition coefficient (Wildman–Crippen LogP) is 2.39. The average molecular weight is 233 g/mol. The molecule has 3 rings (SSSR count). The zero-order valence-corrected chi connectivity index (χ0v) is 9.67. The zero-order valence-electron chi connectivity index (χ0n) is 9.67. The summed E-state index contributed by atoms with van der Waals surface area (Å²) in [6.07, 6.45) is 4.56. The van der Waals surface area contributed by atoms with Crippen LogP contribution in [0.4, 0.5) is 4.39 Å². The van der Waals surface area contributed by atoms with Crippen LogP contribution in [0.2, 0.25) is 0 Å². The van der Waals surface area contributed by atoms with Crippen LogP contribution in [0.1, 0.15) is 25.1 Å². The van der Waals surface area contributed by atoms with E-state index in [-0.39, 0.29) is 5.82 Å². The monoisotopic (exact) mass is 233 g/mol. The molecule has 2 aromatic rings. The molecule has 3 nitrogen and oxygen atoms in total.